The van der Waals surface area contributed by atoms with Crippen LogP contribution in [0.3, 0.4) is 0 Å². The van der Waals surface area contributed by atoms with E-state index in [2.05, 4.69) is 4.90 Å². The van der Waals surface area contributed by atoms with Crippen LogP contribution in [-0.4, -0.2) is 35.9 Å². The summed E-state index contributed by atoms with van der Waals surface area (Å²) in [5, 5.41) is 10.7. The quantitative estimate of drug-likeness (QED) is 0.628. The highest BCUT2D eigenvalue weighted by Gasteiger charge is 2.25. The third kappa shape index (κ3) is 2.52. The van der Waals surface area contributed by atoms with E-state index in [0.717, 1.165) is 11.3 Å². The second kappa shape index (κ2) is 5.51. The molecule has 0 radical (unpaired) electrons. The maximum absolute atomic E-state index is 12.5. The number of benzene rings is 1. The normalized spacial score (nSPS) is 14.4. The molecule has 1 aromatic carbocycles. The van der Waals surface area contributed by atoms with Crippen molar-refractivity contribution in [2.45, 2.75) is 6.54 Å². The van der Waals surface area contributed by atoms with Gasteiger partial charge in [-0.05, 0) is 17.7 Å². The minimum atomic E-state index is -0.651. The van der Waals surface area contributed by atoms with E-state index in [1.54, 1.807) is 4.90 Å². The van der Waals surface area contributed by atoms with Gasteiger partial charge in [0, 0.05) is 32.4 Å². The molecular formula is C15H15N3O4. The SMILES string of the molecule is CN1CCN(C(=O)c2ccc([N+](=O)[O-])o2)Cc2ccccc21. The van der Waals surface area contributed by atoms with Gasteiger partial charge in [-0.25, -0.2) is 0 Å². The van der Waals surface area contributed by atoms with Crippen LogP contribution in [0.25, 0.3) is 0 Å². The zero-order chi connectivity index (χ0) is 15.7. The van der Waals surface area contributed by atoms with Gasteiger partial charge in [-0.3, -0.25) is 14.9 Å². The number of hydrogen-bond acceptors (Lipinski definition) is 5. The molecule has 7 nitrogen and oxygen atoms in total. The summed E-state index contributed by atoms with van der Waals surface area (Å²) in [4.78, 5) is 26.2. The molecule has 2 heterocycles. The lowest BCUT2D eigenvalue weighted by atomic mass is 10.1. The maximum atomic E-state index is 12.5. The molecule has 22 heavy (non-hydrogen) atoms. The summed E-state index contributed by atoms with van der Waals surface area (Å²) in [7, 11) is 1.98. The number of likely N-dealkylation sites (N-methyl/N-ethyl adjacent to an activating group) is 1. The van der Waals surface area contributed by atoms with Gasteiger partial charge in [-0.1, -0.05) is 18.2 Å². The standard InChI is InChI=1S/C15H15N3O4/c1-16-8-9-17(10-11-4-2-3-5-12(11)16)15(19)13-6-7-14(22-13)18(20)21/h2-7H,8-10H2,1H3. The predicted molar refractivity (Wildman–Crippen MR) is 79.8 cm³/mol. The van der Waals surface area contributed by atoms with Gasteiger partial charge in [0.1, 0.15) is 4.92 Å². The summed E-state index contributed by atoms with van der Waals surface area (Å²) in [5.41, 5.74) is 2.13. The van der Waals surface area contributed by atoms with Crippen molar-refractivity contribution in [3.05, 3.63) is 57.8 Å². The lowest BCUT2D eigenvalue weighted by Crippen LogP contribution is -2.34. The number of hydrogen-bond donors (Lipinski definition) is 0. The van der Waals surface area contributed by atoms with Crippen molar-refractivity contribution in [2.75, 3.05) is 25.0 Å². The van der Waals surface area contributed by atoms with Gasteiger partial charge in [0.2, 0.25) is 0 Å². The van der Waals surface area contributed by atoms with Gasteiger partial charge in [-0.2, -0.15) is 0 Å². The number of furan rings is 1. The molecule has 0 bridgehead atoms. The fourth-order valence-electron chi connectivity index (χ4n) is 2.56. The maximum Gasteiger partial charge on any atom is 0.433 e. The molecule has 0 saturated carbocycles. The van der Waals surface area contributed by atoms with Crippen molar-refractivity contribution in [3.8, 4) is 0 Å². The van der Waals surface area contributed by atoms with E-state index in [1.165, 1.54) is 12.1 Å². The van der Waals surface area contributed by atoms with Crippen molar-refractivity contribution in [2.24, 2.45) is 0 Å². The number of fused-ring (bicyclic) bond motifs is 1. The molecule has 0 spiro atoms. The molecule has 1 aliphatic heterocycles. The van der Waals surface area contributed by atoms with Crippen LogP contribution in [0.2, 0.25) is 0 Å². The number of nitro groups is 1. The molecule has 1 aromatic heterocycles. The van der Waals surface area contributed by atoms with Crippen LogP contribution in [0.15, 0.2) is 40.8 Å². The number of amides is 1. The molecule has 1 aliphatic rings. The van der Waals surface area contributed by atoms with Gasteiger partial charge in [0.05, 0.1) is 6.07 Å². The van der Waals surface area contributed by atoms with Crippen LogP contribution >= 0.6 is 0 Å². The van der Waals surface area contributed by atoms with Crippen LogP contribution < -0.4 is 4.90 Å². The highest BCUT2D eigenvalue weighted by atomic mass is 16.6. The Kier molecular flexibility index (Phi) is 3.54. The highest BCUT2D eigenvalue weighted by molar-refractivity contribution is 5.92. The summed E-state index contributed by atoms with van der Waals surface area (Å²) in [6.45, 7) is 1.66. The zero-order valence-electron chi connectivity index (χ0n) is 12.1. The molecule has 0 aliphatic carbocycles. The largest absolute Gasteiger partial charge is 0.433 e. The molecule has 0 saturated heterocycles. The summed E-state index contributed by atoms with van der Waals surface area (Å²) in [5.74, 6) is -0.761. The average molecular weight is 301 g/mol. The Hall–Kier alpha value is -2.83. The Morgan fingerprint density at radius 3 is 2.73 bits per heavy atom. The summed E-state index contributed by atoms with van der Waals surface area (Å²) < 4.78 is 5.01. The molecule has 0 fully saturated rings. The third-order valence-electron chi connectivity index (χ3n) is 3.74. The van der Waals surface area contributed by atoms with Crippen molar-refractivity contribution in [1.29, 1.82) is 0 Å². The van der Waals surface area contributed by atoms with E-state index >= 15 is 0 Å². The minimum absolute atomic E-state index is 0.00580. The van der Waals surface area contributed by atoms with Crippen LogP contribution in [0, 0.1) is 10.1 Å². The first-order chi connectivity index (χ1) is 10.6. The molecule has 1 amide bonds. The Bertz CT molecular complexity index is 725. The first kappa shape index (κ1) is 14.1. The zero-order valence-corrected chi connectivity index (χ0v) is 12.1. The average Bonchev–Trinajstić information content (AvgIpc) is 2.94. The first-order valence-electron chi connectivity index (χ1n) is 6.89. The van der Waals surface area contributed by atoms with Gasteiger partial charge in [-0.15, -0.1) is 0 Å². The van der Waals surface area contributed by atoms with E-state index in [0.29, 0.717) is 19.6 Å². The Balaban J connectivity index is 1.86. The first-order valence-corrected chi connectivity index (χ1v) is 6.89. The summed E-state index contributed by atoms with van der Waals surface area (Å²) in [6.07, 6.45) is 0. The van der Waals surface area contributed by atoms with Crippen molar-refractivity contribution in [3.63, 3.8) is 0 Å². The predicted octanol–water partition coefficient (Wildman–Crippen LogP) is 2.28. The number of carbonyl (C=O) groups is 1. The fourth-order valence-corrected chi connectivity index (χ4v) is 2.56. The van der Waals surface area contributed by atoms with Gasteiger partial charge in [0.25, 0.3) is 5.91 Å². The highest BCUT2D eigenvalue weighted by Crippen LogP contribution is 2.25. The number of nitrogens with zero attached hydrogens (tertiary/aromatic N) is 3. The molecule has 0 N–H and O–H groups in total. The number of rotatable bonds is 2. The molecule has 7 heteroatoms. The van der Waals surface area contributed by atoms with Crippen LogP contribution in [0.4, 0.5) is 11.6 Å². The molecular weight excluding hydrogens is 286 g/mol. The topological polar surface area (TPSA) is 79.8 Å². The smallest absolute Gasteiger partial charge is 0.395 e. The molecule has 3 rings (SSSR count). The van der Waals surface area contributed by atoms with Gasteiger partial charge >= 0.3 is 5.88 Å². The Morgan fingerprint density at radius 1 is 1.23 bits per heavy atom. The van der Waals surface area contributed by atoms with E-state index in [-0.39, 0.29) is 11.7 Å². The summed E-state index contributed by atoms with van der Waals surface area (Å²) >= 11 is 0. The molecule has 114 valence electrons. The molecule has 0 atom stereocenters. The number of anilines is 1. The van der Waals surface area contributed by atoms with Crippen molar-refractivity contribution >= 4 is 17.5 Å². The minimum Gasteiger partial charge on any atom is -0.395 e. The van der Waals surface area contributed by atoms with E-state index in [4.69, 9.17) is 4.42 Å². The third-order valence-corrected chi connectivity index (χ3v) is 3.74. The second-order valence-electron chi connectivity index (χ2n) is 5.17. The van der Waals surface area contributed by atoms with Crippen LogP contribution in [0.5, 0.6) is 0 Å². The van der Waals surface area contributed by atoms with E-state index in [1.807, 2.05) is 31.3 Å². The van der Waals surface area contributed by atoms with E-state index < -0.39 is 10.8 Å². The summed E-state index contributed by atoms with van der Waals surface area (Å²) in [6, 6.07) is 10.4. The van der Waals surface area contributed by atoms with Crippen molar-refractivity contribution in [1.82, 2.24) is 4.90 Å². The van der Waals surface area contributed by atoms with Gasteiger partial charge < -0.3 is 14.2 Å². The monoisotopic (exact) mass is 301 g/mol. The lowest BCUT2D eigenvalue weighted by molar-refractivity contribution is -0.402. The number of para-hydroxylation sites is 1. The lowest BCUT2D eigenvalue weighted by Gasteiger charge is -2.19. The van der Waals surface area contributed by atoms with E-state index in [9.17, 15) is 14.9 Å². The van der Waals surface area contributed by atoms with Crippen LogP contribution in [0.1, 0.15) is 16.1 Å². The molecule has 2 aromatic rings. The number of carbonyl (C=O) groups excluding carboxylic acids is 1. The second-order valence-corrected chi connectivity index (χ2v) is 5.17. The fraction of sp³-hybridized carbons (Fsp3) is 0.267. The van der Waals surface area contributed by atoms with Crippen molar-refractivity contribution < 1.29 is 14.1 Å². The van der Waals surface area contributed by atoms with Crippen LogP contribution in [-0.2, 0) is 6.54 Å². The Labute approximate surface area is 126 Å². The Morgan fingerprint density at radius 2 is 2.00 bits per heavy atom. The van der Waals surface area contributed by atoms with Gasteiger partial charge in [0.15, 0.2) is 5.76 Å². The molecule has 0 unspecified atom stereocenters.